The van der Waals surface area contributed by atoms with Gasteiger partial charge in [0, 0.05) is 18.8 Å². The normalized spacial score (nSPS) is 13.1. The molecule has 1 aromatic heterocycles. The van der Waals surface area contributed by atoms with E-state index in [4.69, 9.17) is 0 Å². The van der Waals surface area contributed by atoms with Gasteiger partial charge in [0.05, 0.1) is 5.69 Å². The van der Waals surface area contributed by atoms with Crippen molar-refractivity contribution in [3.63, 3.8) is 0 Å². The summed E-state index contributed by atoms with van der Waals surface area (Å²) >= 11 is 0. The van der Waals surface area contributed by atoms with Gasteiger partial charge in [0.2, 0.25) is 0 Å². The second-order valence-electron chi connectivity index (χ2n) is 3.56. The molecule has 0 saturated carbocycles. The van der Waals surface area contributed by atoms with Gasteiger partial charge in [-0.1, -0.05) is 19.8 Å². The largest absolute Gasteiger partial charge is 0.312 e. The monoisotopic (exact) mass is 195 g/mol. The summed E-state index contributed by atoms with van der Waals surface area (Å²) in [7, 11) is 2.02. The van der Waals surface area contributed by atoms with Crippen molar-refractivity contribution < 1.29 is 0 Å². The summed E-state index contributed by atoms with van der Waals surface area (Å²) in [6, 6.07) is 2.57. The van der Waals surface area contributed by atoms with Crippen molar-refractivity contribution in [2.24, 2.45) is 0 Å². The van der Waals surface area contributed by atoms with Crippen molar-refractivity contribution in [1.82, 2.24) is 15.1 Å². The minimum Gasteiger partial charge on any atom is -0.312 e. The Labute approximate surface area is 86.5 Å². The number of nitrogens with zero attached hydrogens (tertiary/aromatic N) is 2. The highest BCUT2D eigenvalue weighted by Crippen LogP contribution is 2.18. The third-order valence-electron chi connectivity index (χ3n) is 2.60. The van der Waals surface area contributed by atoms with Gasteiger partial charge in [0.1, 0.15) is 0 Å². The Bertz CT molecular complexity index is 255. The average molecular weight is 195 g/mol. The lowest BCUT2D eigenvalue weighted by Gasteiger charge is -2.16. The summed E-state index contributed by atoms with van der Waals surface area (Å²) in [4.78, 5) is 0. The zero-order valence-electron chi connectivity index (χ0n) is 9.45. The maximum absolute atomic E-state index is 4.29. The van der Waals surface area contributed by atoms with Gasteiger partial charge < -0.3 is 5.32 Å². The first-order chi connectivity index (χ1) is 6.83. The van der Waals surface area contributed by atoms with Crippen molar-refractivity contribution in [1.29, 1.82) is 0 Å². The number of hydrogen-bond acceptors (Lipinski definition) is 2. The molecule has 0 saturated heterocycles. The standard InChI is InChI=1S/C11H21N3/c1-4-6-7-10(12-3)11-8-9-13-14(11)5-2/h8-10,12H,4-7H2,1-3H3. The van der Waals surface area contributed by atoms with Gasteiger partial charge >= 0.3 is 0 Å². The van der Waals surface area contributed by atoms with Crippen LogP contribution in [0.25, 0.3) is 0 Å². The molecule has 0 amide bonds. The second-order valence-corrected chi connectivity index (χ2v) is 3.56. The zero-order chi connectivity index (χ0) is 10.4. The summed E-state index contributed by atoms with van der Waals surface area (Å²) in [6.45, 7) is 5.31. The van der Waals surface area contributed by atoms with Crippen LogP contribution in [0.2, 0.25) is 0 Å². The lowest BCUT2D eigenvalue weighted by molar-refractivity contribution is 0.473. The van der Waals surface area contributed by atoms with E-state index in [1.54, 1.807) is 0 Å². The van der Waals surface area contributed by atoms with E-state index in [9.17, 15) is 0 Å². The van der Waals surface area contributed by atoms with Crippen molar-refractivity contribution >= 4 is 0 Å². The summed E-state index contributed by atoms with van der Waals surface area (Å²) in [6.07, 6.45) is 5.59. The molecular formula is C11H21N3. The molecule has 1 unspecified atom stereocenters. The minimum atomic E-state index is 0.456. The van der Waals surface area contributed by atoms with Crippen LogP contribution >= 0.6 is 0 Å². The zero-order valence-corrected chi connectivity index (χ0v) is 9.45. The number of unbranched alkanes of at least 4 members (excludes halogenated alkanes) is 1. The van der Waals surface area contributed by atoms with Crippen molar-refractivity contribution in [3.05, 3.63) is 18.0 Å². The van der Waals surface area contributed by atoms with Crippen LogP contribution in [-0.2, 0) is 6.54 Å². The lowest BCUT2D eigenvalue weighted by Crippen LogP contribution is -2.20. The Hall–Kier alpha value is -0.830. The molecule has 1 N–H and O–H groups in total. The van der Waals surface area contributed by atoms with E-state index in [1.165, 1.54) is 25.0 Å². The van der Waals surface area contributed by atoms with Gasteiger partial charge in [-0.2, -0.15) is 5.10 Å². The molecule has 0 bridgehead atoms. The summed E-state index contributed by atoms with van der Waals surface area (Å²) < 4.78 is 2.07. The molecule has 3 heteroatoms. The quantitative estimate of drug-likeness (QED) is 0.755. The molecular weight excluding hydrogens is 174 g/mol. The van der Waals surface area contributed by atoms with Crippen molar-refractivity contribution in [2.45, 2.75) is 45.7 Å². The number of rotatable bonds is 6. The van der Waals surface area contributed by atoms with Crippen LogP contribution in [0.3, 0.4) is 0 Å². The molecule has 80 valence electrons. The van der Waals surface area contributed by atoms with Crippen LogP contribution in [0.1, 0.15) is 44.8 Å². The van der Waals surface area contributed by atoms with Crippen molar-refractivity contribution in [2.75, 3.05) is 7.05 Å². The maximum atomic E-state index is 4.29. The molecule has 1 atom stereocenters. The highest BCUT2D eigenvalue weighted by Gasteiger charge is 2.12. The van der Waals surface area contributed by atoms with Gasteiger partial charge in [-0.05, 0) is 26.5 Å². The fourth-order valence-electron chi connectivity index (χ4n) is 1.75. The predicted molar refractivity (Wildman–Crippen MR) is 59.2 cm³/mol. The van der Waals surface area contributed by atoms with E-state index in [0.29, 0.717) is 6.04 Å². The number of aryl methyl sites for hydroxylation is 1. The van der Waals surface area contributed by atoms with Gasteiger partial charge in [0.15, 0.2) is 0 Å². The smallest absolute Gasteiger partial charge is 0.0553 e. The van der Waals surface area contributed by atoms with E-state index in [1.807, 2.05) is 13.2 Å². The summed E-state index contributed by atoms with van der Waals surface area (Å²) in [5.41, 5.74) is 1.31. The van der Waals surface area contributed by atoms with E-state index in [0.717, 1.165) is 6.54 Å². The first-order valence-electron chi connectivity index (χ1n) is 5.52. The molecule has 0 fully saturated rings. The lowest BCUT2D eigenvalue weighted by atomic mass is 10.1. The first-order valence-corrected chi connectivity index (χ1v) is 5.52. The molecule has 1 rings (SSSR count). The van der Waals surface area contributed by atoms with Crippen LogP contribution in [0.5, 0.6) is 0 Å². The predicted octanol–water partition coefficient (Wildman–Crippen LogP) is 2.35. The number of hydrogen-bond donors (Lipinski definition) is 1. The summed E-state index contributed by atoms with van der Waals surface area (Å²) in [5.74, 6) is 0. The number of nitrogens with one attached hydrogen (secondary N) is 1. The Morgan fingerprint density at radius 1 is 1.50 bits per heavy atom. The van der Waals surface area contributed by atoms with Crippen LogP contribution < -0.4 is 5.32 Å². The molecule has 1 heterocycles. The van der Waals surface area contributed by atoms with Crippen LogP contribution in [0.4, 0.5) is 0 Å². The number of aromatic nitrogens is 2. The van der Waals surface area contributed by atoms with E-state index in [2.05, 4.69) is 35.0 Å². The third kappa shape index (κ3) is 2.58. The molecule has 3 nitrogen and oxygen atoms in total. The van der Waals surface area contributed by atoms with Crippen LogP contribution in [-0.4, -0.2) is 16.8 Å². The van der Waals surface area contributed by atoms with Crippen LogP contribution in [0, 0.1) is 0 Å². The molecule has 0 radical (unpaired) electrons. The molecule has 0 aromatic carbocycles. The molecule has 14 heavy (non-hydrogen) atoms. The average Bonchev–Trinajstić information content (AvgIpc) is 2.67. The Kier molecular flexibility index (Phi) is 4.66. The SMILES string of the molecule is CCCCC(NC)c1ccnn1CC. The Morgan fingerprint density at radius 2 is 2.29 bits per heavy atom. The van der Waals surface area contributed by atoms with E-state index in [-0.39, 0.29) is 0 Å². The Morgan fingerprint density at radius 3 is 2.86 bits per heavy atom. The highest BCUT2D eigenvalue weighted by molar-refractivity contribution is 5.06. The van der Waals surface area contributed by atoms with Gasteiger partial charge in [0.25, 0.3) is 0 Å². The molecule has 0 aliphatic heterocycles. The molecule has 0 aliphatic rings. The molecule has 1 aromatic rings. The minimum absolute atomic E-state index is 0.456. The maximum Gasteiger partial charge on any atom is 0.0553 e. The summed E-state index contributed by atoms with van der Waals surface area (Å²) in [5, 5.41) is 7.64. The van der Waals surface area contributed by atoms with Gasteiger partial charge in [-0.25, -0.2) is 0 Å². The third-order valence-corrected chi connectivity index (χ3v) is 2.60. The van der Waals surface area contributed by atoms with Gasteiger partial charge in [-0.3, -0.25) is 4.68 Å². The van der Waals surface area contributed by atoms with Crippen LogP contribution in [0.15, 0.2) is 12.3 Å². The first kappa shape index (κ1) is 11.2. The Balaban J connectivity index is 2.67. The topological polar surface area (TPSA) is 29.9 Å². The van der Waals surface area contributed by atoms with E-state index < -0.39 is 0 Å². The molecule has 0 aliphatic carbocycles. The highest BCUT2D eigenvalue weighted by atomic mass is 15.3. The van der Waals surface area contributed by atoms with E-state index >= 15 is 0 Å². The van der Waals surface area contributed by atoms with Crippen molar-refractivity contribution in [3.8, 4) is 0 Å². The second kappa shape index (κ2) is 5.81. The fourth-order valence-corrected chi connectivity index (χ4v) is 1.75. The molecule has 0 spiro atoms. The fraction of sp³-hybridized carbons (Fsp3) is 0.727. The van der Waals surface area contributed by atoms with Gasteiger partial charge in [-0.15, -0.1) is 0 Å².